The Kier molecular flexibility index (Phi) is 6.47. The van der Waals surface area contributed by atoms with E-state index in [4.69, 9.17) is 0 Å². The van der Waals surface area contributed by atoms with Crippen molar-refractivity contribution in [2.75, 3.05) is 17.2 Å². The quantitative estimate of drug-likeness (QED) is 0.355. The van der Waals surface area contributed by atoms with Crippen molar-refractivity contribution in [2.24, 2.45) is 0 Å². The van der Waals surface area contributed by atoms with Gasteiger partial charge < -0.3 is 10.6 Å². The number of imide groups is 1. The first kappa shape index (κ1) is 23.9. The van der Waals surface area contributed by atoms with E-state index < -0.39 is 0 Å². The number of amides is 3. The molecule has 0 bridgehead atoms. The average Bonchev–Trinajstić information content (AvgIpc) is 3.11. The molecule has 1 aromatic heterocycles. The van der Waals surface area contributed by atoms with Crippen molar-refractivity contribution in [3.8, 4) is 0 Å². The molecule has 4 aromatic rings. The molecule has 0 fully saturated rings. The highest BCUT2D eigenvalue weighted by atomic mass is 16.2. The molecule has 2 N–H and O–H groups in total. The van der Waals surface area contributed by atoms with Crippen LogP contribution >= 0.6 is 0 Å². The van der Waals surface area contributed by atoms with Crippen molar-refractivity contribution in [3.05, 3.63) is 113 Å². The highest BCUT2D eigenvalue weighted by molar-refractivity contribution is 6.22. The molecule has 0 saturated carbocycles. The lowest BCUT2D eigenvalue weighted by molar-refractivity contribution is 0.0656. The second-order valence-corrected chi connectivity index (χ2v) is 8.89. The van der Waals surface area contributed by atoms with E-state index in [-0.39, 0.29) is 29.8 Å². The van der Waals surface area contributed by atoms with Crippen molar-refractivity contribution in [2.45, 2.75) is 20.3 Å². The number of aryl methyl sites for hydroxylation is 2. The molecule has 0 atom stereocenters. The van der Waals surface area contributed by atoms with Crippen molar-refractivity contribution < 1.29 is 14.4 Å². The lowest BCUT2D eigenvalue weighted by atomic mass is 10.1. The summed E-state index contributed by atoms with van der Waals surface area (Å²) in [6.45, 7) is 4.07. The van der Waals surface area contributed by atoms with Gasteiger partial charge in [0, 0.05) is 34.9 Å². The Balaban J connectivity index is 1.28. The van der Waals surface area contributed by atoms with Crippen molar-refractivity contribution in [1.82, 2.24) is 14.9 Å². The summed E-state index contributed by atoms with van der Waals surface area (Å²) in [5.74, 6) is -0.634. The van der Waals surface area contributed by atoms with Crippen LogP contribution in [0.1, 0.15) is 48.0 Å². The van der Waals surface area contributed by atoms with Crippen LogP contribution < -0.4 is 10.6 Å². The summed E-state index contributed by atoms with van der Waals surface area (Å²) in [5, 5.41) is 6.00. The third kappa shape index (κ3) is 5.23. The Bertz CT molecular complexity index is 1500. The number of benzene rings is 3. The smallest absolute Gasteiger partial charge is 0.261 e. The van der Waals surface area contributed by atoms with Crippen molar-refractivity contribution in [1.29, 1.82) is 0 Å². The number of carbonyl (C=O) groups excluding carboxylic acids is 3. The number of nitrogens with one attached hydrogen (secondary N) is 2. The number of carbonyl (C=O) groups is 3. The van der Waals surface area contributed by atoms with Gasteiger partial charge in [0.25, 0.3) is 17.7 Å². The first-order valence-corrected chi connectivity index (χ1v) is 11.9. The molecule has 1 aliphatic rings. The minimum absolute atomic E-state index is 0.244. The summed E-state index contributed by atoms with van der Waals surface area (Å²) in [6, 6.07) is 23.3. The third-order valence-electron chi connectivity index (χ3n) is 6.06. The van der Waals surface area contributed by atoms with E-state index in [1.165, 1.54) is 11.0 Å². The van der Waals surface area contributed by atoms with Gasteiger partial charge >= 0.3 is 0 Å². The standard InChI is InChI=1S/C29H25N5O3/c1-18-15-19(2)31-29(30-18)33-23-10-6-9-22(17-23)32-26(35)21-11-12-24-25(16-21)28(37)34(27(24)36)14-13-20-7-4-3-5-8-20/h3-12,15-17H,13-14H2,1-2H3,(H,32,35)(H,30,31,33). The summed E-state index contributed by atoms with van der Waals surface area (Å²) < 4.78 is 0. The molecule has 0 radical (unpaired) electrons. The number of hydrogen-bond donors (Lipinski definition) is 2. The zero-order valence-electron chi connectivity index (χ0n) is 20.5. The Morgan fingerprint density at radius 3 is 2.24 bits per heavy atom. The summed E-state index contributed by atoms with van der Waals surface area (Å²) in [4.78, 5) is 48.8. The minimum Gasteiger partial charge on any atom is -0.324 e. The maximum atomic E-state index is 13.0. The molecule has 0 saturated heterocycles. The van der Waals surface area contributed by atoms with Crippen LogP contribution in [-0.2, 0) is 6.42 Å². The summed E-state index contributed by atoms with van der Waals surface area (Å²) in [6.07, 6.45) is 0.567. The number of anilines is 3. The van der Waals surface area contributed by atoms with E-state index in [1.807, 2.05) is 56.3 Å². The molecule has 0 spiro atoms. The molecule has 0 unspecified atom stereocenters. The van der Waals surface area contributed by atoms with Gasteiger partial charge in [0.15, 0.2) is 0 Å². The second-order valence-electron chi connectivity index (χ2n) is 8.89. The molecule has 5 rings (SSSR count). The molecule has 3 amide bonds. The van der Waals surface area contributed by atoms with Gasteiger partial charge in [-0.1, -0.05) is 36.4 Å². The van der Waals surface area contributed by atoms with Gasteiger partial charge in [-0.2, -0.15) is 0 Å². The number of rotatable bonds is 7. The number of nitrogens with zero attached hydrogens (tertiary/aromatic N) is 3. The number of fused-ring (bicyclic) bond motifs is 1. The van der Waals surface area contributed by atoms with Crippen molar-refractivity contribution in [3.63, 3.8) is 0 Å². The molecule has 37 heavy (non-hydrogen) atoms. The Hall–Kier alpha value is -4.85. The summed E-state index contributed by atoms with van der Waals surface area (Å²) >= 11 is 0. The van der Waals surface area contributed by atoms with Gasteiger partial charge in [-0.3, -0.25) is 19.3 Å². The normalized spacial score (nSPS) is 12.4. The van der Waals surface area contributed by atoms with Crippen LogP contribution in [0.4, 0.5) is 17.3 Å². The Labute approximate surface area is 214 Å². The van der Waals surface area contributed by atoms with Crippen LogP contribution in [0.2, 0.25) is 0 Å². The van der Waals surface area contributed by atoms with Crippen LogP contribution in [0.5, 0.6) is 0 Å². The highest BCUT2D eigenvalue weighted by Gasteiger charge is 2.35. The fourth-order valence-electron chi connectivity index (χ4n) is 4.31. The van der Waals surface area contributed by atoms with Crippen LogP contribution in [0.15, 0.2) is 78.9 Å². The van der Waals surface area contributed by atoms with Gasteiger partial charge in [0.2, 0.25) is 5.95 Å². The van der Waals surface area contributed by atoms with Gasteiger partial charge in [-0.05, 0) is 68.3 Å². The topological polar surface area (TPSA) is 104 Å². The number of hydrogen-bond acceptors (Lipinski definition) is 6. The second kappa shape index (κ2) is 10.0. The Morgan fingerprint density at radius 2 is 1.49 bits per heavy atom. The van der Waals surface area contributed by atoms with E-state index in [9.17, 15) is 14.4 Å². The molecule has 184 valence electrons. The average molecular weight is 492 g/mol. The SMILES string of the molecule is Cc1cc(C)nc(Nc2cccc(NC(=O)c3ccc4c(c3)C(=O)N(CCc3ccccc3)C4=O)c2)n1. The highest BCUT2D eigenvalue weighted by Crippen LogP contribution is 2.25. The predicted molar refractivity (Wildman–Crippen MR) is 141 cm³/mol. The minimum atomic E-state index is -0.384. The molecule has 0 aliphatic carbocycles. The van der Waals surface area contributed by atoms with Crippen LogP contribution in [0, 0.1) is 13.8 Å². The van der Waals surface area contributed by atoms with Gasteiger partial charge in [0.1, 0.15) is 0 Å². The third-order valence-corrected chi connectivity index (χ3v) is 6.06. The largest absolute Gasteiger partial charge is 0.324 e. The van der Waals surface area contributed by atoms with Crippen LogP contribution in [0.25, 0.3) is 0 Å². The lowest BCUT2D eigenvalue weighted by Gasteiger charge is -2.13. The number of aromatic nitrogens is 2. The fourth-order valence-corrected chi connectivity index (χ4v) is 4.31. The van der Waals surface area contributed by atoms with Crippen LogP contribution in [0.3, 0.4) is 0 Å². The molecule has 3 aromatic carbocycles. The zero-order valence-corrected chi connectivity index (χ0v) is 20.5. The molecular weight excluding hydrogens is 466 g/mol. The lowest BCUT2D eigenvalue weighted by Crippen LogP contribution is -2.31. The van der Waals surface area contributed by atoms with E-state index in [2.05, 4.69) is 20.6 Å². The van der Waals surface area contributed by atoms with Gasteiger partial charge in [0.05, 0.1) is 11.1 Å². The van der Waals surface area contributed by atoms with E-state index in [1.54, 1.807) is 30.3 Å². The summed E-state index contributed by atoms with van der Waals surface area (Å²) in [7, 11) is 0. The summed E-state index contributed by atoms with van der Waals surface area (Å²) in [5.41, 5.74) is 4.87. The molecule has 2 heterocycles. The fraction of sp³-hybridized carbons (Fsp3) is 0.138. The maximum absolute atomic E-state index is 13.0. The van der Waals surface area contributed by atoms with Crippen LogP contribution in [-0.4, -0.2) is 39.1 Å². The molecule has 1 aliphatic heterocycles. The predicted octanol–water partition coefficient (Wildman–Crippen LogP) is 4.93. The van der Waals surface area contributed by atoms with E-state index in [0.29, 0.717) is 34.9 Å². The monoisotopic (exact) mass is 491 g/mol. The molecule has 8 nitrogen and oxygen atoms in total. The van der Waals surface area contributed by atoms with Gasteiger partial charge in [-0.15, -0.1) is 0 Å². The Morgan fingerprint density at radius 1 is 0.784 bits per heavy atom. The first-order valence-electron chi connectivity index (χ1n) is 11.9. The van der Waals surface area contributed by atoms with Crippen molar-refractivity contribution >= 4 is 35.0 Å². The first-order chi connectivity index (χ1) is 17.9. The molecule has 8 heteroatoms. The van der Waals surface area contributed by atoms with Gasteiger partial charge in [-0.25, -0.2) is 9.97 Å². The van der Waals surface area contributed by atoms with E-state index in [0.717, 1.165) is 17.0 Å². The van der Waals surface area contributed by atoms with E-state index >= 15 is 0 Å². The zero-order chi connectivity index (χ0) is 25.9. The molecular formula is C29H25N5O3. The maximum Gasteiger partial charge on any atom is 0.261 e.